The average Bonchev–Trinajstić information content (AvgIpc) is 2.95. The molecule has 1 aromatic heterocycles. The van der Waals surface area contributed by atoms with E-state index in [1.54, 1.807) is 7.11 Å². The molecule has 6 nitrogen and oxygen atoms in total. The van der Waals surface area contributed by atoms with Crippen LogP contribution in [0.1, 0.15) is 25.6 Å². The summed E-state index contributed by atoms with van der Waals surface area (Å²) >= 11 is 0. The first kappa shape index (κ1) is 16.0. The summed E-state index contributed by atoms with van der Waals surface area (Å²) in [6.07, 6.45) is 2.25. The molecule has 1 atom stereocenters. The van der Waals surface area contributed by atoms with Crippen molar-refractivity contribution in [2.75, 3.05) is 51.1 Å². The molecular formula is C15H27N5O. The quantitative estimate of drug-likeness (QED) is 0.824. The van der Waals surface area contributed by atoms with Crippen LogP contribution in [0.2, 0.25) is 0 Å². The van der Waals surface area contributed by atoms with Crippen molar-refractivity contribution in [2.45, 2.75) is 32.4 Å². The maximum absolute atomic E-state index is 5.18. The van der Waals surface area contributed by atoms with Crippen molar-refractivity contribution >= 4 is 11.6 Å². The third-order valence-electron chi connectivity index (χ3n) is 3.81. The fourth-order valence-corrected chi connectivity index (χ4v) is 2.55. The molecule has 1 N–H and O–H groups in total. The van der Waals surface area contributed by atoms with Crippen molar-refractivity contribution in [1.29, 1.82) is 0 Å². The summed E-state index contributed by atoms with van der Waals surface area (Å²) < 4.78 is 5.18. The third-order valence-corrected chi connectivity index (χ3v) is 3.81. The van der Waals surface area contributed by atoms with Crippen molar-refractivity contribution in [3.05, 3.63) is 11.9 Å². The van der Waals surface area contributed by atoms with E-state index in [9.17, 15) is 0 Å². The fraction of sp³-hybridized carbons (Fsp3) is 0.733. The topological polar surface area (TPSA) is 53.5 Å². The van der Waals surface area contributed by atoms with Gasteiger partial charge in [0.25, 0.3) is 0 Å². The van der Waals surface area contributed by atoms with E-state index in [1.165, 1.54) is 6.42 Å². The summed E-state index contributed by atoms with van der Waals surface area (Å²) in [6.45, 7) is 5.57. The molecule has 0 aliphatic carbocycles. The minimum atomic E-state index is 0.444. The zero-order valence-electron chi connectivity index (χ0n) is 13.6. The number of rotatable bonds is 7. The van der Waals surface area contributed by atoms with Crippen molar-refractivity contribution < 1.29 is 4.74 Å². The predicted octanol–water partition coefficient (Wildman–Crippen LogP) is 1.59. The molecule has 2 rings (SSSR count). The van der Waals surface area contributed by atoms with Gasteiger partial charge in [0.05, 0.1) is 0 Å². The average molecular weight is 293 g/mol. The Bertz CT molecular complexity index is 452. The Morgan fingerprint density at radius 3 is 2.86 bits per heavy atom. The van der Waals surface area contributed by atoms with Crippen LogP contribution in [0.4, 0.5) is 11.6 Å². The number of likely N-dealkylation sites (N-methyl/N-ethyl adjacent to an activating group) is 1. The Morgan fingerprint density at radius 2 is 2.24 bits per heavy atom. The second-order valence-corrected chi connectivity index (χ2v) is 5.74. The molecule has 118 valence electrons. The van der Waals surface area contributed by atoms with Gasteiger partial charge in [-0.2, -0.15) is 0 Å². The number of nitrogens with one attached hydrogen (secondary N) is 1. The molecule has 0 spiro atoms. The number of nitrogens with zero attached hydrogens (tertiary/aromatic N) is 4. The summed E-state index contributed by atoms with van der Waals surface area (Å²) in [4.78, 5) is 13.8. The van der Waals surface area contributed by atoms with Crippen LogP contribution in [0.3, 0.4) is 0 Å². The molecule has 1 unspecified atom stereocenters. The molecule has 0 bridgehead atoms. The maximum Gasteiger partial charge on any atom is 0.158 e. The highest BCUT2D eigenvalue weighted by Crippen LogP contribution is 2.22. The number of anilines is 2. The Morgan fingerprint density at radius 1 is 1.43 bits per heavy atom. The third kappa shape index (κ3) is 4.28. The lowest BCUT2D eigenvalue weighted by Crippen LogP contribution is -2.31. The molecule has 21 heavy (non-hydrogen) atoms. The Kier molecular flexibility index (Phi) is 5.76. The zero-order chi connectivity index (χ0) is 15.2. The first-order valence-electron chi connectivity index (χ1n) is 7.66. The molecular weight excluding hydrogens is 266 g/mol. The van der Waals surface area contributed by atoms with Gasteiger partial charge >= 0.3 is 0 Å². The number of hydrogen-bond donors (Lipinski definition) is 1. The van der Waals surface area contributed by atoms with Crippen molar-refractivity contribution in [3.8, 4) is 0 Å². The molecule has 0 aromatic carbocycles. The number of ether oxygens (including phenoxy) is 1. The van der Waals surface area contributed by atoms with Gasteiger partial charge in [0, 0.05) is 38.9 Å². The van der Waals surface area contributed by atoms with Gasteiger partial charge in [-0.15, -0.1) is 0 Å². The van der Waals surface area contributed by atoms with Crippen molar-refractivity contribution in [1.82, 2.24) is 14.9 Å². The SMILES string of the molecule is CCCNc1cc(N2CCC(N(C)C)C2)nc(COC)n1. The van der Waals surface area contributed by atoms with Crippen LogP contribution in [0.5, 0.6) is 0 Å². The highest BCUT2D eigenvalue weighted by molar-refractivity contribution is 5.50. The molecule has 0 radical (unpaired) electrons. The minimum Gasteiger partial charge on any atom is -0.377 e. The maximum atomic E-state index is 5.18. The van der Waals surface area contributed by atoms with E-state index < -0.39 is 0 Å². The summed E-state index contributed by atoms with van der Waals surface area (Å²) in [5.74, 6) is 2.63. The van der Waals surface area contributed by atoms with E-state index in [1.807, 2.05) is 6.07 Å². The van der Waals surface area contributed by atoms with E-state index in [0.717, 1.165) is 43.5 Å². The van der Waals surface area contributed by atoms with Gasteiger partial charge < -0.3 is 19.9 Å². The monoisotopic (exact) mass is 293 g/mol. The Balaban J connectivity index is 2.15. The van der Waals surface area contributed by atoms with E-state index in [0.29, 0.717) is 12.6 Å². The Hall–Kier alpha value is -1.40. The lowest BCUT2D eigenvalue weighted by Gasteiger charge is -2.22. The van der Waals surface area contributed by atoms with Crippen LogP contribution in [-0.4, -0.2) is 61.7 Å². The fourth-order valence-electron chi connectivity index (χ4n) is 2.55. The van der Waals surface area contributed by atoms with Gasteiger partial charge in [-0.05, 0) is 26.9 Å². The lowest BCUT2D eigenvalue weighted by molar-refractivity contribution is 0.178. The van der Waals surface area contributed by atoms with Crippen LogP contribution < -0.4 is 10.2 Å². The number of aromatic nitrogens is 2. The van der Waals surface area contributed by atoms with Crippen LogP contribution in [0.25, 0.3) is 0 Å². The number of hydrogen-bond acceptors (Lipinski definition) is 6. The zero-order valence-corrected chi connectivity index (χ0v) is 13.6. The summed E-state index contributed by atoms with van der Waals surface area (Å²) in [6, 6.07) is 2.64. The van der Waals surface area contributed by atoms with E-state index in [4.69, 9.17) is 4.74 Å². The molecule has 6 heteroatoms. The standard InChI is InChI=1S/C15H27N5O/c1-5-7-16-13-9-15(18-14(17-13)11-21-4)20-8-6-12(10-20)19(2)3/h9,12H,5-8,10-11H2,1-4H3,(H,16,17,18). The van der Waals surface area contributed by atoms with Gasteiger partial charge in [-0.3, -0.25) is 0 Å². The highest BCUT2D eigenvalue weighted by atomic mass is 16.5. The first-order valence-corrected chi connectivity index (χ1v) is 7.66. The van der Waals surface area contributed by atoms with Crippen molar-refractivity contribution in [3.63, 3.8) is 0 Å². The largest absolute Gasteiger partial charge is 0.377 e. The molecule has 0 amide bonds. The smallest absolute Gasteiger partial charge is 0.158 e. The van der Waals surface area contributed by atoms with E-state index >= 15 is 0 Å². The summed E-state index contributed by atoms with van der Waals surface area (Å²) in [5, 5.41) is 3.35. The number of methoxy groups -OCH3 is 1. The molecule has 1 fully saturated rings. The van der Waals surface area contributed by atoms with Crippen LogP contribution in [-0.2, 0) is 11.3 Å². The van der Waals surface area contributed by atoms with Crippen LogP contribution in [0.15, 0.2) is 6.07 Å². The van der Waals surface area contributed by atoms with Gasteiger partial charge in [0.15, 0.2) is 5.82 Å². The van der Waals surface area contributed by atoms with Gasteiger partial charge in [-0.1, -0.05) is 6.92 Å². The predicted molar refractivity (Wildman–Crippen MR) is 85.8 cm³/mol. The molecule has 1 aliphatic heterocycles. The molecule has 2 heterocycles. The van der Waals surface area contributed by atoms with Crippen LogP contribution in [0, 0.1) is 0 Å². The second-order valence-electron chi connectivity index (χ2n) is 5.74. The molecule has 1 aromatic rings. The molecule has 1 saturated heterocycles. The summed E-state index contributed by atoms with van der Waals surface area (Å²) in [5.41, 5.74) is 0. The van der Waals surface area contributed by atoms with E-state index in [2.05, 4.69) is 46.1 Å². The minimum absolute atomic E-state index is 0.444. The van der Waals surface area contributed by atoms with Gasteiger partial charge in [0.1, 0.15) is 18.2 Å². The highest BCUT2D eigenvalue weighted by Gasteiger charge is 2.25. The van der Waals surface area contributed by atoms with Gasteiger partial charge in [0.2, 0.25) is 0 Å². The normalized spacial score (nSPS) is 18.5. The lowest BCUT2D eigenvalue weighted by atomic mass is 10.2. The van der Waals surface area contributed by atoms with Crippen LogP contribution >= 0.6 is 0 Å². The van der Waals surface area contributed by atoms with Crippen molar-refractivity contribution in [2.24, 2.45) is 0 Å². The molecule has 0 saturated carbocycles. The molecule has 1 aliphatic rings. The Labute approximate surface area is 127 Å². The first-order chi connectivity index (χ1) is 10.1. The van der Waals surface area contributed by atoms with Gasteiger partial charge in [-0.25, -0.2) is 9.97 Å². The summed E-state index contributed by atoms with van der Waals surface area (Å²) in [7, 11) is 5.95. The van der Waals surface area contributed by atoms with E-state index in [-0.39, 0.29) is 0 Å². The second kappa shape index (κ2) is 7.56.